The molecule has 1 amide bonds. The Kier molecular flexibility index (Phi) is 6.48. The van der Waals surface area contributed by atoms with Gasteiger partial charge in [-0.25, -0.2) is 0 Å². The van der Waals surface area contributed by atoms with Crippen molar-refractivity contribution in [3.8, 4) is 11.5 Å². The molecule has 0 fully saturated rings. The van der Waals surface area contributed by atoms with Gasteiger partial charge in [0, 0.05) is 0 Å². The van der Waals surface area contributed by atoms with Gasteiger partial charge in [0.1, 0.15) is 18.1 Å². The van der Waals surface area contributed by atoms with E-state index < -0.39 is 6.10 Å². The van der Waals surface area contributed by atoms with E-state index in [-0.39, 0.29) is 5.91 Å². The first-order valence-corrected chi connectivity index (χ1v) is 7.88. The summed E-state index contributed by atoms with van der Waals surface area (Å²) in [4.78, 5) is 12.2. The quantitative estimate of drug-likeness (QED) is 0.760. The van der Waals surface area contributed by atoms with Gasteiger partial charge in [0.25, 0.3) is 5.91 Å². The molecule has 0 bridgehead atoms. The van der Waals surface area contributed by atoms with E-state index >= 15 is 0 Å². The highest BCUT2D eigenvalue weighted by Gasteiger charge is 2.17. The Morgan fingerprint density at radius 3 is 2.52 bits per heavy atom. The van der Waals surface area contributed by atoms with Crippen LogP contribution in [0, 0.1) is 6.92 Å². The van der Waals surface area contributed by atoms with E-state index in [1.165, 1.54) is 0 Å². The molecule has 0 aliphatic carbocycles. The molecular weight excluding hydrogens is 290 g/mol. The fourth-order valence-electron chi connectivity index (χ4n) is 2.15. The number of nitrogens with one attached hydrogen (secondary N) is 1. The number of carbonyl (C=O) groups excluding carboxylic acids is 1. The average molecular weight is 313 g/mol. The summed E-state index contributed by atoms with van der Waals surface area (Å²) in [6, 6.07) is 17.2. The van der Waals surface area contributed by atoms with Crippen LogP contribution in [-0.2, 0) is 4.79 Å². The second-order valence-corrected chi connectivity index (χ2v) is 5.28. The third-order valence-electron chi connectivity index (χ3n) is 3.34. The van der Waals surface area contributed by atoms with Crippen molar-refractivity contribution >= 4 is 5.91 Å². The van der Waals surface area contributed by atoms with E-state index in [0.29, 0.717) is 25.3 Å². The molecule has 0 heterocycles. The second kappa shape index (κ2) is 8.83. The van der Waals surface area contributed by atoms with Crippen molar-refractivity contribution < 1.29 is 14.3 Å². The summed E-state index contributed by atoms with van der Waals surface area (Å²) in [5.74, 6) is 1.39. The monoisotopic (exact) mass is 313 g/mol. The first-order valence-electron chi connectivity index (χ1n) is 7.88. The van der Waals surface area contributed by atoms with Gasteiger partial charge in [0.15, 0.2) is 6.10 Å². The molecule has 0 unspecified atom stereocenters. The molecule has 0 spiro atoms. The van der Waals surface area contributed by atoms with Crippen LogP contribution < -0.4 is 14.8 Å². The molecule has 4 nitrogen and oxygen atoms in total. The Morgan fingerprint density at radius 2 is 1.83 bits per heavy atom. The molecule has 0 radical (unpaired) electrons. The van der Waals surface area contributed by atoms with Crippen molar-refractivity contribution in [3.63, 3.8) is 0 Å². The van der Waals surface area contributed by atoms with E-state index in [9.17, 15) is 4.79 Å². The van der Waals surface area contributed by atoms with Gasteiger partial charge in [-0.3, -0.25) is 4.79 Å². The minimum Gasteiger partial charge on any atom is -0.492 e. The van der Waals surface area contributed by atoms with E-state index in [1.54, 1.807) is 0 Å². The summed E-state index contributed by atoms with van der Waals surface area (Å²) < 4.78 is 11.3. The minimum atomic E-state index is -0.492. The second-order valence-electron chi connectivity index (χ2n) is 5.28. The van der Waals surface area contributed by atoms with Gasteiger partial charge in [-0.2, -0.15) is 0 Å². The van der Waals surface area contributed by atoms with E-state index in [0.717, 1.165) is 11.3 Å². The normalized spacial score (nSPS) is 11.6. The Bertz CT molecular complexity index is 613. The zero-order valence-electron chi connectivity index (χ0n) is 13.6. The molecule has 1 N–H and O–H groups in total. The minimum absolute atomic E-state index is 0.120. The van der Waals surface area contributed by atoms with Crippen molar-refractivity contribution in [1.82, 2.24) is 5.32 Å². The van der Waals surface area contributed by atoms with Gasteiger partial charge < -0.3 is 14.8 Å². The van der Waals surface area contributed by atoms with Crippen LogP contribution in [0.3, 0.4) is 0 Å². The van der Waals surface area contributed by atoms with Gasteiger partial charge in [0.2, 0.25) is 0 Å². The lowest BCUT2D eigenvalue weighted by Gasteiger charge is -2.17. The Balaban J connectivity index is 1.76. The lowest BCUT2D eigenvalue weighted by atomic mass is 10.2. The van der Waals surface area contributed by atoms with Crippen LogP contribution in [0.2, 0.25) is 0 Å². The van der Waals surface area contributed by atoms with Crippen molar-refractivity contribution in [3.05, 3.63) is 60.2 Å². The maximum Gasteiger partial charge on any atom is 0.261 e. The first-order chi connectivity index (χ1) is 11.2. The summed E-state index contributed by atoms with van der Waals surface area (Å²) in [5.41, 5.74) is 1.11. The Hall–Kier alpha value is -2.49. The molecule has 23 heavy (non-hydrogen) atoms. The highest BCUT2D eigenvalue weighted by molar-refractivity contribution is 5.81. The molecule has 2 aromatic rings. The first kappa shape index (κ1) is 16.9. The van der Waals surface area contributed by atoms with Crippen molar-refractivity contribution in [2.45, 2.75) is 26.4 Å². The number of rotatable bonds is 8. The molecular formula is C19H23NO3. The third-order valence-corrected chi connectivity index (χ3v) is 3.34. The smallest absolute Gasteiger partial charge is 0.261 e. The van der Waals surface area contributed by atoms with Crippen LogP contribution in [0.5, 0.6) is 11.5 Å². The number of benzene rings is 2. The topological polar surface area (TPSA) is 47.6 Å². The van der Waals surface area contributed by atoms with Crippen molar-refractivity contribution in [2.75, 3.05) is 13.2 Å². The zero-order valence-corrected chi connectivity index (χ0v) is 13.6. The van der Waals surface area contributed by atoms with Crippen LogP contribution in [0.4, 0.5) is 0 Å². The highest BCUT2D eigenvalue weighted by atomic mass is 16.5. The van der Waals surface area contributed by atoms with E-state index in [2.05, 4.69) is 5.32 Å². The van der Waals surface area contributed by atoms with Gasteiger partial charge in [-0.05, 0) is 43.2 Å². The van der Waals surface area contributed by atoms with Crippen LogP contribution in [0.1, 0.15) is 18.9 Å². The van der Waals surface area contributed by atoms with Crippen LogP contribution in [-0.4, -0.2) is 25.2 Å². The number of hydrogen-bond donors (Lipinski definition) is 1. The fraction of sp³-hybridized carbons (Fsp3) is 0.316. The highest BCUT2D eigenvalue weighted by Crippen LogP contribution is 2.15. The van der Waals surface area contributed by atoms with Gasteiger partial charge in [-0.1, -0.05) is 37.3 Å². The molecule has 0 aromatic heterocycles. The SMILES string of the molecule is CC[C@H](Oc1cccc(C)c1)C(=O)NCCOc1ccccc1. The number of aryl methyl sites for hydroxylation is 1. The summed E-state index contributed by atoms with van der Waals surface area (Å²) >= 11 is 0. The number of para-hydroxylation sites is 1. The lowest BCUT2D eigenvalue weighted by molar-refractivity contribution is -0.128. The van der Waals surface area contributed by atoms with Gasteiger partial charge in [0.05, 0.1) is 6.54 Å². The maximum atomic E-state index is 12.2. The third kappa shape index (κ3) is 5.66. The molecule has 0 aliphatic rings. The van der Waals surface area contributed by atoms with Crippen molar-refractivity contribution in [2.24, 2.45) is 0 Å². The van der Waals surface area contributed by atoms with Gasteiger partial charge >= 0.3 is 0 Å². The van der Waals surface area contributed by atoms with Crippen LogP contribution >= 0.6 is 0 Å². The van der Waals surface area contributed by atoms with Crippen LogP contribution in [0.25, 0.3) is 0 Å². The molecule has 2 rings (SSSR count). The lowest BCUT2D eigenvalue weighted by Crippen LogP contribution is -2.39. The average Bonchev–Trinajstić information content (AvgIpc) is 2.57. The van der Waals surface area contributed by atoms with E-state index in [1.807, 2.05) is 68.4 Å². The summed E-state index contributed by atoms with van der Waals surface area (Å²) in [6.45, 7) is 4.80. The van der Waals surface area contributed by atoms with E-state index in [4.69, 9.17) is 9.47 Å². The van der Waals surface area contributed by atoms with Gasteiger partial charge in [-0.15, -0.1) is 0 Å². The molecule has 0 saturated carbocycles. The molecule has 4 heteroatoms. The molecule has 122 valence electrons. The number of amides is 1. The number of hydrogen-bond acceptors (Lipinski definition) is 3. The largest absolute Gasteiger partial charge is 0.492 e. The predicted octanol–water partition coefficient (Wildman–Crippen LogP) is 3.35. The summed E-state index contributed by atoms with van der Waals surface area (Å²) in [7, 11) is 0. The fourth-order valence-corrected chi connectivity index (χ4v) is 2.15. The Labute approximate surface area is 137 Å². The molecule has 0 aliphatic heterocycles. The number of ether oxygens (including phenoxy) is 2. The standard InChI is InChI=1S/C19H23NO3/c1-3-18(23-17-11-7-8-15(2)14-17)19(21)20-12-13-22-16-9-5-4-6-10-16/h4-11,14,18H,3,12-13H2,1-2H3,(H,20,21)/t18-/m0/s1. The molecule has 2 aromatic carbocycles. The molecule has 0 saturated heterocycles. The van der Waals surface area contributed by atoms with Crippen LogP contribution in [0.15, 0.2) is 54.6 Å². The zero-order chi connectivity index (χ0) is 16.5. The molecule has 1 atom stereocenters. The van der Waals surface area contributed by atoms with Crippen molar-refractivity contribution in [1.29, 1.82) is 0 Å². The Morgan fingerprint density at radius 1 is 1.09 bits per heavy atom. The number of carbonyl (C=O) groups is 1. The maximum absolute atomic E-state index is 12.2. The predicted molar refractivity (Wildman–Crippen MR) is 90.8 cm³/mol. The summed E-state index contributed by atoms with van der Waals surface area (Å²) in [6.07, 6.45) is 0.118. The summed E-state index contributed by atoms with van der Waals surface area (Å²) in [5, 5.41) is 2.85.